The first kappa shape index (κ1) is 17.2. The molecule has 0 radical (unpaired) electrons. The average molecular weight is 357 g/mol. The van der Waals surface area contributed by atoms with E-state index in [0.29, 0.717) is 16.2 Å². The van der Waals surface area contributed by atoms with E-state index >= 15 is 0 Å². The lowest BCUT2D eigenvalue weighted by Crippen LogP contribution is -2.31. The minimum Gasteiger partial charge on any atom is -0.353 e. The lowest BCUT2D eigenvalue weighted by molar-refractivity contribution is -0.119. The number of rotatable bonds is 5. The molecule has 0 saturated carbocycles. The lowest BCUT2D eigenvalue weighted by Gasteiger charge is -2.08. The van der Waals surface area contributed by atoms with Crippen molar-refractivity contribution in [1.82, 2.24) is 25.1 Å². The van der Waals surface area contributed by atoms with Gasteiger partial charge in [0.05, 0.1) is 17.6 Å². The van der Waals surface area contributed by atoms with Crippen molar-refractivity contribution in [3.8, 4) is 5.69 Å². The van der Waals surface area contributed by atoms with Gasteiger partial charge in [-0.3, -0.25) is 9.59 Å². The van der Waals surface area contributed by atoms with Gasteiger partial charge < -0.3 is 10.3 Å². The number of nitrogens with zero attached hydrogens (tertiary/aromatic N) is 3. The quantitative estimate of drug-likeness (QED) is 0.538. The Morgan fingerprint density at radius 3 is 2.92 bits per heavy atom. The van der Waals surface area contributed by atoms with Crippen LogP contribution in [0.25, 0.3) is 16.7 Å². The zero-order chi connectivity index (χ0) is 18.0. The number of aromatic amines is 1. The highest BCUT2D eigenvalue weighted by molar-refractivity contribution is 7.99. The normalized spacial score (nSPS) is 11.2. The second-order valence-electron chi connectivity index (χ2n) is 6.01. The number of thioether (sulfide) groups is 1. The molecule has 2 aromatic heterocycles. The predicted molar refractivity (Wildman–Crippen MR) is 98.2 cm³/mol. The van der Waals surface area contributed by atoms with E-state index in [2.05, 4.69) is 20.4 Å². The standard InChI is InChI=1S/C17H19N5O2S/c1-10(2)19-14(23)9-25-17-20-15-13(16(24)21-17)8-18-22(15)12-6-4-5-11(3)7-12/h4-8,10H,9H2,1-3H3,(H,19,23)(H,20,21,24). The Hall–Kier alpha value is -2.61. The van der Waals surface area contributed by atoms with E-state index < -0.39 is 0 Å². The highest BCUT2D eigenvalue weighted by Crippen LogP contribution is 2.18. The van der Waals surface area contributed by atoms with Crippen LogP contribution in [-0.4, -0.2) is 37.5 Å². The van der Waals surface area contributed by atoms with Gasteiger partial charge in [0.25, 0.3) is 5.56 Å². The third-order valence-electron chi connectivity index (χ3n) is 3.45. The number of aryl methyl sites for hydroxylation is 1. The number of amides is 1. The second-order valence-corrected chi connectivity index (χ2v) is 6.98. The number of nitrogens with one attached hydrogen (secondary N) is 2. The molecule has 8 heteroatoms. The molecular weight excluding hydrogens is 338 g/mol. The molecule has 0 aliphatic carbocycles. The van der Waals surface area contributed by atoms with Crippen molar-refractivity contribution in [3.05, 3.63) is 46.4 Å². The monoisotopic (exact) mass is 357 g/mol. The Balaban J connectivity index is 1.93. The Morgan fingerprint density at radius 2 is 2.20 bits per heavy atom. The molecule has 0 unspecified atom stereocenters. The molecule has 2 N–H and O–H groups in total. The van der Waals surface area contributed by atoms with Crippen LogP contribution in [0.3, 0.4) is 0 Å². The molecule has 0 saturated heterocycles. The fourth-order valence-electron chi connectivity index (χ4n) is 2.41. The van der Waals surface area contributed by atoms with E-state index in [9.17, 15) is 9.59 Å². The molecule has 0 atom stereocenters. The van der Waals surface area contributed by atoms with Gasteiger partial charge in [-0.05, 0) is 38.5 Å². The van der Waals surface area contributed by atoms with E-state index in [4.69, 9.17) is 0 Å². The predicted octanol–water partition coefficient (Wildman–Crippen LogP) is 2.03. The van der Waals surface area contributed by atoms with Gasteiger partial charge in [0.1, 0.15) is 5.39 Å². The summed E-state index contributed by atoms with van der Waals surface area (Å²) in [7, 11) is 0. The van der Waals surface area contributed by atoms with Crippen LogP contribution >= 0.6 is 11.8 Å². The largest absolute Gasteiger partial charge is 0.353 e. The van der Waals surface area contributed by atoms with E-state index in [1.165, 1.54) is 18.0 Å². The van der Waals surface area contributed by atoms with Crippen molar-refractivity contribution in [3.63, 3.8) is 0 Å². The van der Waals surface area contributed by atoms with Crippen molar-refractivity contribution in [1.29, 1.82) is 0 Å². The average Bonchev–Trinajstić information content (AvgIpc) is 2.97. The Morgan fingerprint density at radius 1 is 1.40 bits per heavy atom. The maximum atomic E-state index is 12.3. The minimum atomic E-state index is -0.268. The number of hydrogen-bond acceptors (Lipinski definition) is 5. The minimum absolute atomic E-state index is 0.0744. The van der Waals surface area contributed by atoms with Gasteiger partial charge in [-0.15, -0.1) is 0 Å². The topological polar surface area (TPSA) is 92.7 Å². The van der Waals surface area contributed by atoms with Crippen LogP contribution in [0, 0.1) is 6.92 Å². The molecule has 1 amide bonds. The van der Waals surface area contributed by atoms with E-state index in [0.717, 1.165) is 11.3 Å². The van der Waals surface area contributed by atoms with E-state index in [1.807, 2.05) is 45.0 Å². The Kier molecular flexibility index (Phi) is 4.89. The number of carbonyl (C=O) groups excluding carboxylic acids is 1. The maximum absolute atomic E-state index is 12.3. The summed E-state index contributed by atoms with van der Waals surface area (Å²) in [6, 6.07) is 7.87. The van der Waals surface area contributed by atoms with Gasteiger partial charge in [0.2, 0.25) is 5.91 Å². The van der Waals surface area contributed by atoms with Gasteiger partial charge >= 0.3 is 0 Å². The first-order valence-electron chi connectivity index (χ1n) is 7.91. The van der Waals surface area contributed by atoms with Crippen molar-refractivity contribution >= 4 is 28.7 Å². The smallest absolute Gasteiger partial charge is 0.262 e. The van der Waals surface area contributed by atoms with E-state index in [-0.39, 0.29) is 23.3 Å². The Labute approximate surface area is 148 Å². The first-order chi connectivity index (χ1) is 11.9. The lowest BCUT2D eigenvalue weighted by atomic mass is 10.2. The van der Waals surface area contributed by atoms with Crippen LogP contribution in [-0.2, 0) is 4.79 Å². The summed E-state index contributed by atoms with van der Waals surface area (Å²) in [5, 5.41) is 7.90. The third-order valence-corrected chi connectivity index (χ3v) is 4.33. The van der Waals surface area contributed by atoms with Crippen LogP contribution in [0.5, 0.6) is 0 Å². The fraction of sp³-hybridized carbons (Fsp3) is 0.294. The van der Waals surface area contributed by atoms with Crippen molar-refractivity contribution < 1.29 is 4.79 Å². The maximum Gasteiger partial charge on any atom is 0.262 e. The summed E-state index contributed by atoms with van der Waals surface area (Å²) in [6.45, 7) is 5.79. The number of carbonyl (C=O) groups is 1. The number of fused-ring (bicyclic) bond motifs is 1. The van der Waals surface area contributed by atoms with Gasteiger partial charge in [-0.2, -0.15) is 5.10 Å². The molecule has 0 aliphatic rings. The van der Waals surface area contributed by atoms with Crippen molar-refractivity contribution in [2.24, 2.45) is 0 Å². The fourth-order valence-corrected chi connectivity index (χ4v) is 3.08. The van der Waals surface area contributed by atoms with Crippen LogP contribution in [0.2, 0.25) is 0 Å². The first-order valence-corrected chi connectivity index (χ1v) is 8.90. The summed E-state index contributed by atoms with van der Waals surface area (Å²) >= 11 is 1.19. The summed E-state index contributed by atoms with van der Waals surface area (Å²) in [4.78, 5) is 31.2. The third kappa shape index (κ3) is 3.90. The Bertz CT molecular complexity index is 977. The van der Waals surface area contributed by atoms with Crippen LogP contribution < -0.4 is 10.9 Å². The number of benzene rings is 1. The highest BCUT2D eigenvalue weighted by Gasteiger charge is 2.13. The van der Waals surface area contributed by atoms with Gasteiger partial charge in [-0.25, -0.2) is 9.67 Å². The summed E-state index contributed by atoms with van der Waals surface area (Å²) in [5.74, 6) is 0.0838. The number of hydrogen-bond donors (Lipinski definition) is 2. The highest BCUT2D eigenvalue weighted by atomic mass is 32.2. The van der Waals surface area contributed by atoms with E-state index in [1.54, 1.807) is 4.68 Å². The molecule has 3 aromatic rings. The van der Waals surface area contributed by atoms with Crippen LogP contribution in [0.1, 0.15) is 19.4 Å². The number of H-pyrrole nitrogens is 1. The summed E-state index contributed by atoms with van der Waals surface area (Å²) in [5.41, 5.74) is 2.13. The van der Waals surface area contributed by atoms with Crippen molar-refractivity contribution in [2.45, 2.75) is 32.0 Å². The molecule has 2 heterocycles. The van der Waals surface area contributed by atoms with Crippen LogP contribution in [0.4, 0.5) is 0 Å². The molecule has 0 fully saturated rings. The molecule has 130 valence electrons. The van der Waals surface area contributed by atoms with Crippen molar-refractivity contribution in [2.75, 3.05) is 5.75 Å². The van der Waals surface area contributed by atoms with Crippen LogP contribution in [0.15, 0.2) is 40.4 Å². The van der Waals surface area contributed by atoms with Gasteiger partial charge in [-0.1, -0.05) is 23.9 Å². The zero-order valence-electron chi connectivity index (χ0n) is 14.2. The molecule has 0 spiro atoms. The molecule has 1 aromatic carbocycles. The molecule has 0 bridgehead atoms. The second kappa shape index (κ2) is 7.10. The molecule has 3 rings (SSSR count). The SMILES string of the molecule is Cc1cccc(-n2ncc3c(=O)[nH]c(SCC(=O)NC(C)C)nc32)c1. The molecule has 7 nitrogen and oxygen atoms in total. The summed E-state index contributed by atoms with van der Waals surface area (Å²) < 4.78 is 1.63. The molecule has 0 aliphatic heterocycles. The number of aromatic nitrogens is 4. The molecule has 25 heavy (non-hydrogen) atoms. The summed E-state index contributed by atoms with van der Waals surface area (Å²) in [6.07, 6.45) is 1.50. The zero-order valence-corrected chi connectivity index (χ0v) is 15.1. The van der Waals surface area contributed by atoms with Gasteiger partial charge in [0, 0.05) is 6.04 Å². The molecular formula is C17H19N5O2S. The van der Waals surface area contributed by atoms with Gasteiger partial charge in [0.15, 0.2) is 10.8 Å².